The lowest BCUT2D eigenvalue weighted by molar-refractivity contribution is 0.114. The zero-order chi connectivity index (χ0) is 16.7. The van der Waals surface area contributed by atoms with Crippen LogP contribution in [0.2, 0.25) is 0 Å². The largest absolute Gasteiger partial charge is 0.444 e. The maximum atomic E-state index is 12.4. The first-order valence-corrected chi connectivity index (χ1v) is 8.09. The molecule has 0 spiro atoms. The minimum atomic E-state index is -0.391. The number of aliphatic hydroxyl groups excluding tert-OH is 1. The summed E-state index contributed by atoms with van der Waals surface area (Å²) < 4.78 is 5.58. The SMILES string of the molecule is C=CCCC[C@@H]1OC(=O)N([C@H](CO)c2ccccc2)[C@H]1CC=C. The van der Waals surface area contributed by atoms with Crippen molar-refractivity contribution >= 4 is 6.09 Å². The van der Waals surface area contributed by atoms with Gasteiger partial charge in [-0.1, -0.05) is 42.5 Å². The number of benzene rings is 1. The number of carbonyl (C=O) groups is 1. The number of allylic oxidation sites excluding steroid dienone is 1. The summed E-state index contributed by atoms with van der Waals surface area (Å²) in [6, 6.07) is 9.08. The summed E-state index contributed by atoms with van der Waals surface area (Å²) >= 11 is 0. The van der Waals surface area contributed by atoms with Crippen molar-refractivity contribution < 1.29 is 14.6 Å². The summed E-state index contributed by atoms with van der Waals surface area (Å²) in [5, 5.41) is 9.86. The van der Waals surface area contributed by atoms with Crippen LogP contribution in [0.15, 0.2) is 55.6 Å². The smallest absolute Gasteiger partial charge is 0.411 e. The van der Waals surface area contributed by atoms with Crippen molar-refractivity contribution in [1.29, 1.82) is 0 Å². The first-order valence-electron chi connectivity index (χ1n) is 8.09. The van der Waals surface area contributed by atoms with Gasteiger partial charge < -0.3 is 9.84 Å². The molecule has 2 rings (SSSR count). The number of cyclic esters (lactones) is 1. The third-order valence-electron chi connectivity index (χ3n) is 4.25. The van der Waals surface area contributed by atoms with Gasteiger partial charge in [-0.15, -0.1) is 13.2 Å². The maximum absolute atomic E-state index is 12.4. The second-order valence-electron chi connectivity index (χ2n) is 5.75. The molecule has 1 amide bonds. The van der Waals surface area contributed by atoms with Gasteiger partial charge in [-0.25, -0.2) is 4.79 Å². The molecule has 4 heteroatoms. The van der Waals surface area contributed by atoms with Gasteiger partial charge in [0.2, 0.25) is 0 Å². The number of nitrogens with zero attached hydrogens (tertiary/aromatic N) is 1. The van der Waals surface area contributed by atoms with E-state index >= 15 is 0 Å². The lowest BCUT2D eigenvalue weighted by Gasteiger charge is -2.30. The van der Waals surface area contributed by atoms with Gasteiger partial charge in [0.25, 0.3) is 0 Å². The van der Waals surface area contributed by atoms with Crippen LogP contribution in [-0.4, -0.2) is 34.9 Å². The third-order valence-corrected chi connectivity index (χ3v) is 4.25. The number of hydrogen-bond donors (Lipinski definition) is 1. The lowest BCUT2D eigenvalue weighted by atomic mass is 9.98. The average molecular weight is 315 g/mol. The van der Waals surface area contributed by atoms with Crippen molar-refractivity contribution in [3.05, 3.63) is 61.2 Å². The third kappa shape index (κ3) is 4.02. The standard InChI is InChI=1S/C19H25NO3/c1-3-5-7-13-18-16(10-4-2)20(19(22)23-18)17(14-21)15-11-8-6-9-12-15/h3-4,6,8-9,11-12,16-18,21H,1-2,5,7,10,13-14H2/t16-,17+,18-/m0/s1. The zero-order valence-corrected chi connectivity index (χ0v) is 13.4. The van der Waals surface area contributed by atoms with E-state index in [1.807, 2.05) is 36.4 Å². The van der Waals surface area contributed by atoms with Gasteiger partial charge in [-0.3, -0.25) is 4.90 Å². The maximum Gasteiger partial charge on any atom is 0.411 e. The molecule has 0 aromatic heterocycles. The Bertz CT molecular complexity index is 529. The first-order chi connectivity index (χ1) is 11.2. The van der Waals surface area contributed by atoms with Crippen LogP contribution < -0.4 is 0 Å². The van der Waals surface area contributed by atoms with E-state index in [1.54, 1.807) is 11.0 Å². The molecule has 1 fully saturated rings. The Morgan fingerprint density at radius 1 is 1.26 bits per heavy atom. The minimum Gasteiger partial charge on any atom is -0.444 e. The van der Waals surface area contributed by atoms with Crippen LogP contribution in [0.3, 0.4) is 0 Å². The van der Waals surface area contributed by atoms with Crippen LogP contribution >= 0.6 is 0 Å². The molecule has 0 radical (unpaired) electrons. The molecule has 1 aromatic carbocycles. The number of unbranched alkanes of at least 4 members (excludes halogenated alkanes) is 1. The minimum absolute atomic E-state index is 0.0952. The first kappa shape index (κ1) is 17.3. The highest BCUT2D eigenvalue weighted by molar-refractivity contribution is 5.71. The zero-order valence-electron chi connectivity index (χ0n) is 13.4. The van der Waals surface area contributed by atoms with Gasteiger partial charge in [-0.05, 0) is 31.2 Å². The normalized spacial score (nSPS) is 21.8. The number of aliphatic hydroxyl groups is 1. The molecule has 1 aromatic rings. The summed E-state index contributed by atoms with van der Waals surface area (Å²) in [6.07, 6.45) is 6.42. The monoisotopic (exact) mass is 315 g/mol. The highest BCUT2D eigenvalue weighted by atomic mass is 16.6. The van der Waals surface area contributed by atoms with E-state index in [1.165, 1.54) is 0 Å². The van der Waals surface area contributed by atoms with E-state index in [9.17, 15) is 9.90 Å². The van der Waals surface area contributed by atoms with Crippen molar-refractivity contribution in [1.82, 2.24) is 4.90 Å². The van der Waals surface area contributed by atoms with Crippen LogP contribution in [0.1, 0.15) is 37.3 Å². The van der Waals surface area contributed by atoms with Gasteiger partial charge in [0, 0.05) is 0 Å². The molecule has 4 nitrogen and oxygen atoms in total. The Balaban J connectivity index is 2.21. The molecule has 0 bridgehead atoms. The lowest BCUT2D eigenvalue weighted by Crippen LogP contribution is -2.40. The van der Waals surface area contributed by atoms with Gasteiger partial charge in [0.1, 0.15) is 6.10 Å². The molecule has 1 N–H and O–H groups in total. The molecule has 124 valence electrons. The van der Waals surface area contributed by atoms with Gasteiger partial charge in [-0.2, -0.15) is 0 Å². The second kappa shape index (κ2) is 8.53. The van der Waals surface area contributed by atoms with Crippen molar-refractivity contribution in [2.24, 2.45) is 0 Å². The quantitative estimate of drug-likeness (QED) is 0.556. The molecular weight excluding hydrogens is 290 g/mol. The van der Waals surface area contributed by atoms with Crippen LogP contribution in [0.4, 0.5) is 4.79 Å². The predicted molar refractivity (Wildman–Crippen MR) is 91.0 cm³/mol. The van der Waals surface area contributed by atoms with E-state index in [0.717, 1.165) is 24.8 Å². The summed E-state index contributed by atoms with van der Waals surface area (Å²) in [5.74, 6) is 0. The second-order valence-corrected chi connectivity index (χ2v) is 5.75. The average Bonchev–Trinajstić information content (AvgIpc) is 2.87. The van der Waals surface area contributed by atoms with E-state index in [-0.39, 0.29) is 24.8 Å². The Kier molecular flexibility index (Phi) is 6.41. The van der Waals surface area contributed by atoms with Gasteiger partial charge in [0.05, 0.1) is 18.7 Å². The fraction of sp³-hybridized carbons (Fsp3) is 0.421. The topological polar surface area (TPSA) is 49.8 Å². The summed E-state index contributed by atoms with van der Waals surface area (Å²) in [6.45, 7) is 7.39. The van der Waals surface area contributed by atoms with Crippen molar-refractivity contribution in [3.8, 4) is 0 Å². The van der Waals surface area contributed by atoms with Gasteiger partial charge in [0.15, 0.2) is 0 Å². The molecule has 0 unspecified atom stereocenters. The van der Waals surface area contributed by atoms with Crippen molar-refractivity contribution in [3.63, 3.8) is 0 Å². The van der Waals surface area contributed by atoms with Crippen LogP contribution in [-0.2, 0) is 4.74 Å². The van der Waals surface area contributed by atoms with E-state index in [0.29, 0.717) is 6.42 Å². The molecule has 3 atom stereocenters. The van der Waals surface area contributed by atoms with E-state index < -0.39 is 6.04 Å². The molecule has 1 heterocycles. The highest BCUT2D eigenvalue weighted by Crippen LogP contribution is 2.34. The van der Waals surface area contributed by atoms with E-state index in [4.69, 9.17) is 4.74 Å². The molecule has 1 aliphatic rings. The number of amides is 1. The fourth-order valence-corrected chi connectivity index (χ4v) is 3.12. The Labute approximate surface area is 138 Å². The van der Waals surface area contributed by atoms with E-state index in [2.05, 4.69) is 13.2 Å². The number of ether oxygens (including phenoxy) is 1. The number of rotatable bonds is 9. The van der Waals surface area contributed by atoms with Crippen LogP contribution in [0.25, 0.3) is 0 Å². The van der Waals surface area contributed by atoms with Crippen LogP contribution in [0, 0.1) is 0 Å². The predicted octanol–water partition coefficient (Wildman–Crippen LogP) is 3.84. The molecule has 23 heavy (non-hydrogen) atoms. The number of carbonyl (C=O) groups excluding carboxylic acids is 1. The van der Waals surface area contributed by atoms with Crippen molar-refractivity contribution in [2.45, 2.75) is 43.9 Å². The summed E-state index contributed by atoms with van der Waals surface area (Å²) in [5.41, 5.74) is 0.910. The molecule has 0 saturated carbocycles. The van der Waals surface area contributed by atoms with Gasteiger partial charge >= 0.3 is 6.09 Å². The molecular formula is C19H25NO3. The molecule has 1 saturated heterocycles. The number of hydrogen-bond acceptors (Lipinski definition) is 3. The fourth-order valence-electron chi connectivity index (χ4n) is 3.12. The molecule has 1 aliphatic heterocycles. The summed E-state index contributed by atoms with van der Waals surface area (Å²) in [4.78, 5) is 14.1. The van der Waals surface area contributed by atoms with Crippen LogP contribution in [0.5, 0.6) is 0 Å². The highest BCUT2D eigenvalue weighted by Gasteiger charge is 2.44. The Morgan fingerprint density at radius 3 is 2.61 bits per heavy atom. The van der Waals surface area contributed by atoms with Crippen molar-refractivity contribution in [2.75, 3.05) is 6.61 Å². The Hall–Kier alpha value is -2.07. The Morgan fingerprint density at radius 2 is 2.00 bits per heavy atom. The molecule has 0 aliphatic carbocycles. The summed E-state index contributed by atoms with van der Waals surface area (Å²) in [7, 11) is 0.